The Bertz CT molecular complexity index is 620. The van der Waals surface area contributed by atoms with E-state index in [0.29, 0.717) is 45.1 Å². The summed E-state index contributed by atoms with van der Waals surface area (Å²) in [6, 6.07) is 7.45. The number of hydrogen-bond donors (Lipinski definition) is 2. The number of benzene rings is 1. The molecular formula is C20H34Cl2N4O2. The molecule has 1 atom stereocenters. The second-order valence-electron chi connectivity index (χ2n) is 7.40. The van der Waals surface area contributed by atoms with Crippen LogP contribution < -0.4 is 11.1 Å². The van der Waals surface area contributed by atoms with Gasteiger partial charge >= 0.3 is 0 Å². The van der Waals surface area contributed by atoms with Crippen molar-refractivity contribution in [1.82, 2.24) is 9.80 Å². The number of carbonyl (C=O) groups excluding carboxylic acids is 2. The lowest BCUT2D eigenvalue weighted by Gasteiger charge is -2.35. The number of nitrogens with zero attached hydrogens (tertiary/aromatic N) is 2. The van der Waals surface area contributed by atoms with Crippen LogP contribution in [0.25, 0.3) is 0 Å². The summed E-state index contributed by atoms with van der Waals surface area (Å²) in [7, 11) is 0. The maximum atomic E-state index is 12.4. The number of nitrogens with two attached hydrogens (primary N) is 1. The standard InChI is InChI=1S/C20H32N4O2.2ClH/c1-4-16-7-5-6-8-18(16)22-19(25)14-23-9-11-24(12-10-23)20(26)17(21)13-15(2)3;;/h5-8,15,17H,4,9-14,21H2,1-3H3,(H,22,25);2*1H/t17-;;/m0../s1. The maximum Gasteiger partial charge on any atom is 0.239 e. The number of halogens is 2. The molecule has 0 aromatic heterocycles. The first-order valence-electron chi connectivity index (χ1n) is 9.55. The molecule has 2 amide bonds. The zero-order chi connectivity index (χ0) is 19.1. The largest absolute Gasteiger partial charge is 0.339 e. The van der Waals surface area contributed by atoms with Crippen LogP contribution in [0.5, 0.6) is 0 Å². The summed E-state index contributed by atoms with van der Waals surface area (Å²) in [6.45, 7) is 9.21. The molecule has 8 heteroatoms. The minimum atomic E-state index is -0.421. The van der Waals surface area contributed by atoms with E-state index in [-0.39, 0.29) is 36.6 Å². The molecule has 1 heterocycles. The van der Waals surface area contributed by atoms with E-state index < -0.39 is 6.04 Å². The lowest BCUT2D eigenvalue weighted by molar-refractivity contribution is -0.134. The molecular weight excluding hydrogens is 399 g/mol. The van der Waals surface area contributed by atoms with Gasteiger partial charge in [-0.2, -0.15) is 0 Å². The van der Waals surface area contributed by atoms with Crippen LogP contribution in [0.4, 0.5) is 5.69 Å². The second-order valence-corrected chi connectivity index (χ2v) is 7.40. The van der Waals surface area contributed by atoms with E-state index in [9.17, 15) is 9.59 Å². The monoisotopic (exact) mass is 432 g/mol. The van der Waals surface area contributed by atoms with Gasteiger partial charge in [0, 0.05) is 31.9 Å². The Balaban J connectivity index is 0.00000364. The highest BCUT2D eigenvalue weighted by Gasteiger charge is 2.26. The van der Waals surface area contributed by atoms with Crippen LogP contribution in [0.1, 0.15) is 32.8 Å². The van der Waals surface area contributed by atoms with Crippen LogP contribution in [0.3, 0.4) is 0 Å². The van der Waals surface area contributed by atoms with E-state index in [4.69, 9.17) is 5.73 Å². The van der Waals surface area contributed by atoms with Gasteiger partial charge in [0.2, 0.25) is 11.8 Å². The average molecular weight is 433 g/mol. The zero-order valence-corrected chi connectivity index (χ0v) is 18.7. The van der Waals surface area contributed by atoms with Crippen molar-refractivity contribution in [2.45, 2.75) is 39.7 Å². The fourth-order valence-electron chi connectivity index (χ4n) is 3.31. The molecule has 28 heavy (non-hydrogen) atoms. The van der Waals surface area contributed by atoms with Gasteiger partial charge in [-0.1, -0.05) is 39.0 Å². The minimum absolute atomic E-state index is 0. The normalized spacial score (nSPS) is 15.4. The maximum absolute atomic E-state index is 12.4. The van der Waals surface area contributed by atoms with Crippen molar-refractivity contribution in [3.63, 3.8) is 0 Å². The van der Waals surface area contributed by atoms with E-state index in [1.54, 1.807) is 0 Å². The molecule has 2 rings (SSSR count). The molecule has 1 saturated heterocycles. The van der Waals surface area contributed by atoms with Crippen molar-refractivity contribution in [3.05, 3.63) is 29.8 Å². The molecule has 1 aliphatic rings. The number of para-hydroxylation sites is 1. The molecule has 0 radical (unpaired) electrons. The predicted molar refractivity (Wildman–Crippen MR) is 119 cm³/mol. The number of anilines is 1. The number of aryl methyl sites for hydroxylation is 1. The number of nitrogens with one attached hydrogen (secondary N) is 1. The third kappa shape index (κ3) is 7.95. The van der Waals surface area contributed by atoms with Gasteiger partial charge < -0.3 is 16.0 Å². The van der Waals surface area contributed by atoms with Gasteiger partial charge in [0.1, 0.15) is 0 Å². The molecule has 1 fully saturated rings. The highest BCUT2D eigenvalue weighted by molar-refractivity contribution is 5.93. The molecule has 3 N–H and O–H groups in total. The zero-order valence-electron chi connectivity index (χ0n) is 17.0. The smallest absolute Gasteiger partial charge is 0.239 e. The molecule has 0 saturated carbocycles. The lowest BCUT2D eigenvalue weighted by atomic mass is 10.0. The van der Waals surface area contributed by atoms with E-state index in [2.05, 4.69) is 31.0 Å². The van der Waals surface area contributed by atoms with E-state index in [1.807, 2.05) is 29.2 Å². The summed E-state index contributed by atoms with van der Waals surface area (Å²) in [6.07, 6.45) is 1.59. The van der Waals surface area contributed by atoms with Gasteiger partial charge in [-0.15, -0.1) is 24.8 Å². The van der Waals surface area contributed by atoms with Gasteiger partial charge in [-0.05, 0) is 30.4 Å². The van der Waals surface area contributed by atoms with Gasteiger partial charge in [-0.25, -0.2) is 0 Å². The Hall–Kier alpha value is -1.34. The Kier molecular flexibility index (Phi) is 12.4. The van der Waals surface area contributed by atoms with Crippen LogP contribution >= 0.6 is 24.8 Å². The van der Waals surface area contributed by atoms with Gasteiger partial charge in [-0.3, -0.25) is 14.5 Å². The molecule has 1 aromatic carbocycles. The summed E-state index contributed by atoms with van der Waals surface area (Å²) in [5.74, 6) is 0.423. The molecule has 0 bridgehead atoms. The van der Waals surface area contributed by atoms with Crippen molar-refractivity contribution in [3.8, 4) is 0 Å². The van der Waals surface area contributed by atoms with Crippen molar-refractivity contribution in [2.24, 2.45) is 11.7 Å². The molecule has 1 aliphatic heterocycles. The molecule has 0 aliphatic carbocycles. The van der Waals surface area contributed by atoms with Gasteiger partial charge in [0.15, 0.2) is 0 Å². The summed E-state index contributed by atoms with van der Waals surface area (Å²) in [4.78, 5) is 28.6. The van der Waals surface area contributed by atoms with Crippen LogP contribution in [-0.2, 0) is 16.0 Å². The van der Waals surface area contributed by atoms with Gasteiger partial charge in [0.05, 0.1) is 12.6 Å². The SMILES string of the molecule is CCc1ccccc1NC(=O)CN1CCN(C(=O)[C@@H](N)CC(C)C)CC1.Cl.Cl. The molecule has 1 aromatic rings. The summed E-state index contributed by atoms with van der Waals surface area (Å²) in [5, 5.41) is 3.00. The van der Waals surface area contributed by atoms with Crippen molar-refractivity contribution in [2.75, 3.05) is 38.0 Å². The first kappa shape index (κ1) is 26.7. The van der Waals surface area contributed by atoms with Crippen molar-refractivity contribution < 1.29 is 9.59 Å². The van der Waals surface area contributed by atoms with E-state index in [0.717, 1.165) is 17.7 Å². The van der Waals surface area contributed by atoms with Crippen LogP contribution in [0, 0.1) is 5.92 Å². The Morgan fingerprint density at radius 3 is 2.29 bits per heavy atom. The number of rotatable bonds is 7. The number of amides is 2. The topological polar surface area (TPSA) is 78.7 Å². The van der Waals surface area contributed by atoms with E-state index >= 15 is 0 Å². The first-order chi connectivity index (χ1) is 12.4. The number of hydrogen-bond acceptors (Lipinski definition) is 4. The summed E-state index contributed by atoms with van der Waals surface area (Å²) in [5.41, 5.74) is 8.03. The number of piperazine rings is 1. The fraction of sp³-hybridized carbons (Fsp3) is 0.600. The Morgan fingerprint density at radius 1 is 1.11 bits per heavy atom. The fourth-order valence-corrected chi connectivity index (χ4v) is 3.31. The molecule has 0 unspecified atom stereocenters. The molecule has 6 nitrogen and oxygen atoms in total. The third-order valence-corrected chi connectivity index (χ3v) is 4.77. The lowest BCUT2D eigenvalue weighted by Crippen LogP contribution is -2.54. The van der Waals surface area contributed by atoms with Crippen LogP contribution in [0.2, 0.25) is 0 Å². The molecule has 160 valence electrons. The summed E-state index contributed by atoms with van der Waals surface area (Å²) >= 11 is 0. The quantitative estimate of drug-likeness (QED) is 0.693. The Labute approximate surface area is 181 Å². The van der Waals surface area contributed by atoms with E-state index in [1.165, 1.54) is 0 Å². The molecule has 0 spiro atoms. The van der Waals surface area contributed by atoms with Crippen LogP contribution in [-0.4, -0.2) is 60.4 Å². The highest BCUT2D eigenvalue weighted by atomic mass is 35.5. The minimum Gasteiger partial charge on any atom is -0.339 e. The Morgan fingerprint density at radius 2 is 1.71 bits per heavy atom. The highest BCUT2D eigenvalue weighted by Crippen LogP contribution is 2.15. The van der Waals surface area contributed by atoms with Crippen LogP contribution in [0.15, 0.2) is 24.3 Å². The summed E-state index contributed by atoms with van der Waals surface area (Å²) < 4.78 is 0. The van der Waals surface area contributed by atoms with Gasteiger partial charge in [0.25, 0.3) is 0 Å². The second kappa shape index (κ2) is 13.0. The predicted octanol–water partition coefficient (Wildman–Crippen LogP) is 2.55. The number of carbonyl (C=O) groups is 2. The average Bonchev–Trinajstić information content (AvgIpc) is 2.61. The third-order valence-electron chi connectivity index (χ3n) is 4.77. The van der Waals surface area contributed by atoms with Crippen molar-refractivity contribution in [1.29, 1.82) is 0 Å². The first-order valence-corrected chi connectivity index (χ1v) is 9.55. The van der Waals surface area contributed by atoms with Crippen molar-refractivity contribution >= 4 is 42.3 Å².